The summed E-state index contributed by atoms with van der Waals surface area (Å²) in [4.78, 5) is 9.70. The second kappa shape index (κ2) is 6.36. The van der Waals surface area contributed by atoms with Crippen molar-refractivity contribution in [2.45, 2.75) is 6.04 Å². The zero-order valence-corrected chi connectivity index (χ0v) is 14.7. The first-order valence-electron chi connectivity index (χ1n) is 7.50. The van der Waals surface area contributed by atoms with Crippen LogP contribution in [-0.2, 0) is 4.84 Å². The van der Waals surface area contributed by atoms with E-state index in [1.807, 2.05) is 12.1 Å². The van der Waals surface area contributed by atoms with Crippen LogP contribution in [0.15, 0.2) is 50.4 Å². The fourth-order valence-electron chi connectivity index (χ4n) is 2.58. The van der Waals surface area contributed by atoms with E-state index < -0.39 is 0 Å². The number of furan rings is 1. The van der Waals surface area contributed by atoms with Gasteiger partial charge in [-0.05, 0) is 46.3 Å². The average Bonchev–Trinajstić information content (AvgIpc) is 3.05. The maximum absolute atomic E-state index is 13.3. The summed E-state index contributed by atoms with van der Waals surface area (Å²) in [6, 6.07) is 9.64. The summed E-state index contributed by atoms with van der Waals surface area (Å²) in [6.45, 7) is 0.291. The van der Waals surface area contributed by atoms with Crippen LogP contribution in [0.3, 0.4) is 0 Å². The van der Waals surface area contributed by atoms with Gasteiger partial charge in [0.15, 0.2) is 5.84 Å². The first-order chi connectivity index (χ1) is 12.1. The van der Waals surface area contributed by atoms with Gasteiger partial charge < -0.3 is 19.3 Å². The van der Waals surface area contributed by atoms with Crippen molar-refractivity contribution >= 4 is 32.7 Å². The molecule has 3 aromatic rings. The first kappa shape index (κ1) is 15.9. The Morgan fingerprint density at radius 1 is 1.28 bits per heavy atom. The van der Waals surface area contributed by atoms with Crippen LogP contribution < -0.4 is 10.1 Å². The van der Waals surface area contributed by atoms with E-state index in [2.05, 4.69) is 31.4 Å². The molecule has 128 valence electrons. The normalized spacial score (nSPS) is 16.9. The fraction of sp³-hybridized carbons (Fsp3) is 0.176. The number of rotatable bonds is 3. The van der Waals surface area contributed by atoms with Crippen LogP contribution in [0.4, 0.5) is 4.39 Å². The maximum Gasteiger partial charge on any atom is 0.228 e. The molecule has 0 saturated carbocycles. The van der Waals surface area contributed by atoms with Crippen LogP contribution in [0.1, 0.15) is 17.5 Å². The van der Waals surface area contributed by atoms with Crippen LogP contribution in [0.25, 0.3) is 11.0 Å². The molecule has 1 aliphatic heterocycles. The molecule has 8 heteroatoms. The van der Waals surface area contributed by atoms with Crippen molar-refractivity contribution in [3.8, 4) is 5.88 Å². The van der Waals surface area contributed by atoms with Gasteiger partial charge in [-0.25, -0.2) is 9.37 Å². The largest absolute Gasteiger partial charge is 0.480 e. The number of nitrogens with zero attached hydrogens (tertiary/aromatic N) is 2. The molecule has 3 heterocycles. The Labute approximate surface area is 150 Å². The van der Waals surface area contributed by atoms with Crippen LogP contribution >= 0.6 is 15.9 Å². The number of benzene rings is 1. The summed E-state index contributed by atoms with van der Waals surface area (Å²) >= 11 is 3.36. The third-order valence-electron chi connectivity index (χ3n) is 3.80. The van der Waals surface area contributed by atoms with Gasteiger partial charge in [0.1, 0.15) is 35.5 Å². The molecular formula is C17H13BrFN3O3. The molecule has 1 N–H and O–H groups in total. The maximum atomic E-state index is 13.3. The van der Waals surface area contributed by atoms with Crippen molar-refractivity contribution in [3.63, 3.8) is 0 Å². The molecule has 1 aromatic carbocycles. The van der Waals surface area contributed by atoms with E-state index in [-0.39, 0.29) is 11.9 Å². The zero-order chi connectivity index (χ0) is 17.4. The van der Waals surface area contributed by atoms with Crippen LogP contribution in [0.5, 0.6) is 5.88 Å². The lowest BCUT2D eigenvalue weighted by Gasteiger charge is -2.22. The van der Waals surface area contributed by atoms with E-state index in [4.69, 9.17) is 14.0 Å². The first-order valence-corrected chi connectivity index (χ1v) is 8.30. The number of oxime groups is 1. The van der Waals surface area contributed by atoms with E-state index in [0.717, 1.165) is 9.86 Å². The number of ether oxygens (including phenoxy) is 1. The molecule has 0 spiro atoms. The molecule has 2 aromatic heterocycles. The molecule has 0 bridgehead atoms. The lowest BCUT2D eigenvalue weighted by atomic mass is 10.2. The minimum absolute atomic E-state index is 0.264. The minimum atomic E-state index is -0.338. The smallest absolute Gasteiger partial charge is 0.228 e. The van der Waals surface area contributed by atoms with Crippen LogP contribution in [-0.4, -0.2) is 24.5 Å². The lowest BCUT2D eigenvalue weighted by Crippen LogP contribution is -2.36. The number of nitrogens with one attached hydrogen (secondary N) is 1. The van der Waals surface area contributed by atoms with Crippen molar-refractivity contribution in [1.29, 1.82) is 0 Å². The molecule has 0 amide bonds. The lowest BCUT2D eigenvalue weighted by molar-refractivity contribution is 0.103. The van der Waals surface area contributed by atoms with Crippen LogP contribution in [0, 0.1) is 5.82 Å². The summed E-state index contributed by atoms with van der Waals surface area (Å²) in [6.07, 6.45) is 0. The Morgan fingerprint density at radius 3 is 3.00 bits per heavy atom. The number of fused-ring (bicyclic) bond motifs is 1. The molecule has 1 unspecified atom stereocenters. The molecule has 0 radical (unpaired) electrons. The second-order valence-electron chi connectivity index (χ2n) is 5.45. The Balaban J connectivity index is 1.62. The van der Waals surface area contributed by atoms with E-state index in [1.165, 1.54) is 12.1 Å². The minimum Gasteiger partial charge on any atom is -0.480 e. The molecule has 1 atom stereocenters. The van der Waals surface area contributed by atoms with E-state index in [9.17, 15) is 4.39 Å². The molecular weight excluding hydrogens is 393 g/mol. The van der Waals surface area contributed by atoms with E-state index in [0.29, 0.717) is 35.4 Å². The molecule has 1 aliphatic rings. The van der Waals surface area contributed by atoms with E-state index in [1.54, 1.807) is 19.2 Å². The van der Waals surface area contributed by atoms with Crippen molar-refractivity contribution in [3.05, 3.63) is 58.1 Å². The van der Waals surface area contributed by atoms with Crippen molar-refractivity contribution in [2.24, 2.45) is 5.16 Å². The van der Waals surface area contributed by atoms with Gasteiger partial charge in [0.05, 0.1) is 11.6 Å². The number of hydrogen-bond donors (Lipinski definition) is 1. The topological polar surface area (TPSA) is 68.9 Å². The summed E-state index contributed by atoms with van der Waals surface area (Å²) in [7, 11) is 1.54. The molecule has 4 rings (SSSR count). The molecule has 0 aliphatic carbocycles. The highest BCUT2D eigenvalue weighted by Gasteiger charge is 2.24. The van der Waals surface area contributed by atoms with Gasteiger partial charge >= 0.3 is 0 Å². The summed E-state index contributed by atoms with van der Waals surface area (Å²) < 4.78 is 25.0. The van der Waals surface area contributed by atoms with Gasteiger partial charge in [-0.2, -0.15) is 0 Å². The van der Waals surface area contributed by atoms with Gasteiger partial charge in [0.2, 0.25) is 5.88 Å². The number of methoxy groups -OCH3 is 1. The van der Waals surface area contributed by atoms with Gasteiger partial charge in [0.25, 0.3) is 0 Å². The van der Waals surface area contributed by atoms with Crippen molar-refractivity contribution in [2.75, 3.05) is 13.7 Å². The molecule has 6 nitrogen and oxygen atoms in total. The van der Waals surface area contributed by atoms with Crippen molar-refractivity contribution < 1.29 is 18.4 Å². The number of halogens is 2. The Kier molecular flexibility index (Phi) is 4.04. The zero-order valence-electron chi connectivity index (χ0n) is 13.1. The Morgan fingerprint density at radius 2 is 2.16 bits per heavy atom. The highest BCUT2D eigenvalue weighted by atomic mass is 79.9. The molecule has 25 heavy (non-hydrogen) atoms. The quantitative estimate of drug-likeness (QED) is 0.718. The van der Waals surface area contributed by atoms with Crippen LogP contribution in [0.2, 0.25) is 0 Å². The van der Waals surface area contributed by atoms with Gasteiger partial charge in [0, 0.05) is 11.5 Å². The highest BCUT2D eigenvalue weighted by Crippen LogP contribution is 2.27. The third kappa shape index (κ3) is 3.05. The van der Waals surface area contributed by atoms with Gasteiger partial charge in [-0.1, -0.05) is 5.16 Å². The number of amidine groups is 1. The van der Waals surface area contributed by atoms with Gasteiger partial charge in [-0.15, -0.1) is 0 Å². The predicted octanol–water partition coefficient (Wildman–Crippen LogP) is 3.76. The monoisotopic (exact) mass is 405 g/mol. The summed E-state index contributed by atoms with van der Waals surface area (Å²) in [5.41, 5.74) is 1.07. The average molecular weight is 406 g/mol. The summed E-state index contributed by atoms with van der Waals surface area (Å²) in [5, 5.41) is 8.08. The number of pyridine rings is 1. The standard InChI is InChI=1S/C17H13BrFN3O3/c1-23-17-11(18)4-5-12(21-17)16-20-13(8-24-22-16)15-6-9-2-3-10(19)7-14(9)25-15/h2-7,13H,8H2,1H3,(H,20,22). The highest BCUT2D eigenvalue weighted by molar-refractivity contribution is 9.10. The third-order valence-corrected chi connectivity index (χ3v) is 4.41. The Hall–Kier alpha value is -2.61. The predicted molar refractivity (Wildman–Crippen MR) is 93.0 cm³/mol. The van der Waals surface area contributed by atoms with Gasteiger partial charge in [-0.3, -0.25) is 0 Å². The summed E-state index contributed by atoms with van der Waals surface area (Å²) in [5.74, 6) is 1.21. The number of hydrogen-bond acceptors (Lipinski definition) is 6. The SMILES string of the molecule is COc1nc(C2=NOCC(c3cc4ccc(F)cc4o3)N2)ccc1Br. The second-order valence-corrected chi connectivity index (χ2v) is 6.31. The van der Waals surface area contributed by atoms with E-state index >= 15 is 0 Å². The number of aromatic nitrogens is 1. The molecule has 0 fully saturated rings. The Bertz CT molecular complexity index is 973. The molecule has 0 saturated heterocycles. The fourth-order valence-corrected chi connectivity index (χ4v) is 2.96. The van der Waals surface area contributed by atoms with Crippen molar-refractivity contribution in [1.82, 2.24) is 10.3 Å².